The molecule has 0 heterocycles. The molecule has 0 aromatic rings. The van der Waals surface area contributed by atoms with Crippen molar-refractivity contribution in [2.45, 2.75) is 26.7 Å². The quantitative estimate of drug-likeness (QED) is 0.675. The summed E-state index contributed by atoms with van der Waals surface area (Å²) in [6.07, 6.45) is 0.590. The van der Waals surface area contributed by atoms with E-state index in [1.54, 1.807) is 11.9 Å². The standard InChI is InChI=1S/C9H18N2O2/c1-4-11(5-2)9(13)7-6-8(12)10-3/h4-7H2,1-3H3,(H,10,12). The van der Waals surface area contributed by atoms with Crippen molar-refractivity contribution in [2.75, 3.05) is 20.1 Å². The van der Waals surface area contributed by atoms with Crippen LogP contribution in [0.2, 0.25) is 0 Å². The number of hydrogen-bond donors (Lipinski definition) is 1. The van der Waals surface area contributed by atoms with Gasteiger partial charge in [-0.15, -0.1) is 0 Å². The number of nitrogens with one attached hydrogen (secondary N) is 1. The summed E-state index contributed by atoms with van der Waals surface area (Å²) in [6, 6.07) is 0. The van der Waals surface area contributed by atoms with Gasteiger partial charge in [-0.25, -0.2) is 0 Å². The summed E-state index contributed by atoms with van der Waals surface area (Å²) >= 11 is 0. The maximum Gasteiger partial charge on any atom is 0.223 e. The van der Waals surface area contributed by atoms with Crippen LogP contribution in [0.15, 0.2) is 0 Å². The Labute approximate surface area is 79.3 Å². The fourth-order valence-corrected chi connectivity index (χ4v) is 1.08. The maximum absolute atomic E-state index is 11.4. The summed E-state index contributed by atoms with van der Waals surface area (Å²) < 4.78 is 0. The van der Waals surface area contributed by atoms with Crippen molar-refractivity contribution in [2.24, 2.45) is 0 Å². The van der Waals surface area contributed by atoms with E-state index in [9.17, 15) is 9.59 Å². The normalized spacial score (nSPS) is 9.46. The summed E-state index contributed by atoms with van der Waals surface area (Å²) in [4.78, 5) is 23.9. The predicted molar refractivity (Wildman–Crippen MR) is 51.2 cm³/mol. The second kappa shape index (κ2) is 6.46. The van der Waals surface area contributed by atoms with Crippen LogP contribution < -0.4 is 5.32 Å². The van der Waals surface area contributed by atoms with E-state index in [-0.39, 0.29) is 18.2 Å². The van der Waals surface area contributed by atoms with Gasteiger partial charge in [-0.3, -0.25) is 9.59 Å². The maximum atomic E-state index is 11.4. The molecule has 0 aromatic heterocycles. The lowest BCUT2D eigenvalue weighted by molar-refractivity contribution is -0.133. The van der Waals surface area contributed by atoms with Gasteiger partial charge < -0.3 is 10.2 Å². The average molecular weight is 186 g/mol. The molecule has 13 heavy (non-hydrogen) atoms. The van der Waals surface area contributed by atoms with Crippen LogP contribution in [-0.2, 0) is 9.59 Å². The van der Waals surface area contributed by atoms with Crippen LogP contribution in [0.5, 0.6) is 0 Å². The van der Waals surface area contributed by atoms with Crippen LogP contribution in [-0.4, -0.2) is 36.9 Å². The van der Waals surface area contributed by atoms with Gasteiger partial charge in [-0.1, -0.05) is 0 Å². The average Bonchev–Trinajstić information content (AvgIpc) is 2.16. The fraction of sp³-hybridized carbons (Fsp3) is 0.778. The molecule has 0 fully saturated rings. The first kappa shape index (κ1) is 11.9. The van der Waals surface area contributed by atoms with E-state index in [2.05, 4.69) is 5.32 Å². The van der Waals surface area contributed by atoms with Crippen molar-refractivity contribution in [3.05, 3.63) is 0 Å². The molecular weight excluding hydrogens is 168 g/mol. The third-order valence-electron chi connectivity index (χ3n) is 1.96. The summed E-state index contributed by atoms with van der Waals surface area (Å²) in [5.74, 6) is -0.0332. The highest BCUT2D eigenvalue weighted by atomic mass is 16.2. The molecule has 1 N–H and O–H groups in total. The van der Waals surface area contributed by atoms with E-state index >= 15 is 0 Å². The molecular formula is C9H18N2O2. The first-order chi connectivity index (χ1) is 6.15. The van der Waals surface area contributed by atoms with E-state index in [0.717, 1.165) is 0 Å². The minimum Gasteiger partial charge on any atom is -0.359 e. The topological polar surface area (TPSA) is 49.4 Å². The van der Waals surface area contributed by atoms with Crippen molar-refractivity contribution in [1.29, 1.82) is 0 Å². The van der Waals surface area contributed by atoms with Gasteiger partial charge in [0.05, 0.1) is 0 Å². The summed E-state index contributed by atoms with van der Waals surface area (Å²) in [6.45, 7) is 5.29. The zero-order chi connectivity index (χ0) is 10.3. The third-order valence-corrected chi connectivity index (χ3v) is 1.96. The highest BCUT2D eigenvalue weighted by Gasteiger charge is 2.10. The van der Waals surface area contributed by atoms with E-state index in [4.69, 9.17) is 0 Å². The summed E-state index contributed by atoms with van der Waals surface area (Å²) in [5, 5.41) is 2.49. The monoisotopic (exact) mass is 186 g/mol. The molecule has 0 radical (unpaired) electrons. The van der Waals surface area contributed by atoms with E-state index in [1.165, 1.54) is 0 Å². The molecule has 0 rings (SSSR count). The minimum atomic E-state index is -0.0829. The molecule has 0 aliphatic rings. The third kappa shape index (κ3) is 4.50. The highest BCUT2D eigenvalue weighted by Crippen LogP contribution is 1.97. The van der Waals surface area contributed by atoms with E-state index in [1.807, 2.05) is 13.8 Å². The molecule has 4 nitrogen and oxygen atoms in total. The molecule has 0 aliphatic carbocycles. The van der Waals surface area contributed by atoms with E-state index < -0.39 is 0 Å². The minimum absolute atomic E-state index is 0.0496. The Bertz CT molecular complexity index is 176. The van der Waals surface area contributed by atoms with Gasteiger partial charge in [0.2, 0.25) is 11.8 Å². The van der Waals surface area contributed by atoms with Crippen LogP contribution in [0, 0.1) is 0 Å². The molecule has 76 valence electrons. The zero-order valence-electron chi connectivity index (χ0n) is 8.59. The molecule has 4 heteroatoms. The lowest BCUT2D eigenvalue weighted by Crippen LogP contribution is -2.31. The Hall–Kier alpha value is -1.06. The van der Waals surface area contributed by atoms with Gasteiger partial charge >= 0.3 is 0 Å². The first-order valence-corrected chi connectivity index (χ1v) is 4.64. The van der Waals surface area contributed by atoms with Gasteiger partial charge in [0.15, 0.2) is 0 Å². The van der Waals surface area contributed by atoms with Gasteiger partial charge in [0.25, 0.3) is 0 Å². The number of amides is 2. The largest absolute Gasteiger partial charge is 0.359 e. The summed E-state index contributed by atoms with van der Waals surface area (Å²) in [7, 11) is 1.57. The Morgan fingerprint density at radius 2 is 1.69 bits per heavy atom. The Kier molecular flexibility index (Phi) is 5.93. The van der Waals surface area contributed by atoms with Crippen LogP contribution in [0.4, 0.5) is 0 Å². The van der Waals surface area contributed by atoms with Gasteiger partial charge in [-0.05, 0) is 13.8 Å². The lowest BCUT2D eigenvalue weighted by Gasteiger charge is -2.17. The van der Waals surface area contributed by atoms with Crippen LogP contribution in [0.25, 0.3) is 0 Å². The molecule has 0 atom stereocenters. The smallest absolute Gasteiger partial charge is 0.223 e. The number of carbonyl (C=O) groups excluding carboxylic acids is 2. The van der Waals surface area contributed by atoms with Crippen LogP contribution in [0.1, 0.15) is 26.7 Å². The van der Waals surface area contributed by atoms with Gasteiger partial charge in [0, 0.05) is 33.0 Å². The molecule has 0 bridgehead atoms. The van der Waals surface area contributed by atoms with Crippen molar-refractivity contribution >= 4 is 11.8 Å². The first-order valence-electron chi connectivity index (χ1n) is 4.64. The van der Waals surface area contributed by atoms with Crippen LogP contribution in [0.3, 0.4) is 0 Å². The fourth-order valence-electron chi connectivity index (χ4n) is 1.08. The Balaban J connectivity index is 3.79. The van der Waals surface area contributed by atoms with Crippen molar-refractivity contribution in [1.82, 2.24) is 10.2 Å². The van der Waals surface area contributed by atoms with Crippen molar-refractivity contribution in [3.8, 4) is 0 Å². The lowest BCUT2D eigenvalue weighted by atomic mass is 10.2. The molecule has 0 aliphatic heterocycles. The molecule has 0 unspecified atom stereocenters. The van der Waals surface area contributed by atoms with Crippen LogP contribution >= 0.6 is 0 Å². The number of carbonyl (C=O) groups is 2. The number of nitrogens with zero attached hydrogens (tertiary/aromatic N) is 1. The number of rotatable bonds is 5. The molecule has 0 saturated heterocycles. The van der Waals surface area contributed by atoms with Crippen molar-refractivity contribution < 1.29 is 9.59 Å². The molecule has 0 saturated carbocycles. The van der Waals surface area contributed by atoms with Gasteiger partial charge in [0.1, 0.15) is 0 Å². The predicted octanol–water partition coefficient (Wildman–Crippen LogP) is 0.381. The second-order valence-electron chi connectivity index (χ2n) is 2.74. The number of hydrogen-bond acceptors (Lipinski definition) is 2. The van der Waals surface area contributed by atoms with E-state index in [0.29, 0.717) is 19.5 Å². The molecule has 0 spiro atoms. The zero-order valence-corrected chi connectivity index (χ0v) is 8.59. The van der Waals surface area contributed by atoms with Crippen molar-refractivity contribution in [3.63, 3.8) is 0 Å². The Morgan fingerprint density at radius 3 is 2.08 bits per heavy atom. The summed E-state index contributed by atoms with van der Waals surface area (Å²) in [5.41, 5.74) is 0. The molecule has 2 amide bonds. The van der Waals surface area contributed by atoms with Gasteiger partial charge in [-0.2, -0.15) is 0 Å². The Morgan fingerprint density at radius 1 is 1.15 bits per heavy atom. The highest BCUT2D eigenvalue weighted by molar-refractivity contribution is 5.83. The molecule has 0 aromatic carbocycles. The SMILES string of the molecule is CCN(CC)C(=O)CCC(=O)NC. The second-order valence-corrected chi connectivity index (χ2v) is 2.74.